The number of rotatable bonds is 3. The minimum atomic E-state index is -0.304. The molecule has 0 aliphatic carbocycles. The summed E-state index contributed by atoms with van der Waals surface area (Å²) in [4.78, 5) is 12.5. The molecule has 0 saturated carbocycles. The molecule has 0 radical (unpaired) electrons. The average Bonchev–Trinajstić information content (AvgIpc) is 2.75. The molecular weight excluding hydrogens is 335 g/mol. The molecule has 1 heterocycles. The third-order valence-corrected chi connectivity index (χ3v) is 4.17. The van der Waals surface area contributed by atoms with Gasteiger partial charge in [-0.25, -0.2) is 9.18 Å². The molecule has 0 aliphatic heterocycles. The molecule has 0 spiro atoms. The van der Waals surface area contributed by atoms with Crippen molar-refractivity contribution in [3.63, 3.8) is 0 Å². The van der Waals surface area contributed by atoms with E-state index in [-0.39, 0.29) is 11.5 Å². The van der Waals surface area contributed by atoms with Crippen molar-refractivity contribution in [2.45, 2.75) is 20.0 Å². The largest absolute Gasteiger partial charge is 0.329 e. The first-order valence-corrected chi connectivity index (χ1v) is 7.53. The summed E-state index contributed by atoms with van der Waals surface area (Å²) in [5.74, 6) is -0.304. The van der Waals surface area contributed by atoms with Crippen molar-refractivity contribution in [3.05, 3.63) is 68.8 Å². The van der Waals surface area contributed by atoms with E-state index in [1.165, 1.54) is 6.07 Å². The highest BCUT2D eigenvalue weighted by Gasteiger charge is 2.12. The Balaban J connectivity index is 2.14. The van der Waals surface area contributed by atoms with E-state index in [0.717, 1.165) is 16.6 Å². The van der Waals surface area contributed by atoms with Crippen molar-refractivity contribution in [2.24, 2.45) is 0 Å². The lowest BCUT2D eigenvalue weighted by Gasteiger charge is -2.05. The number of nitrogens with zero attached hydrogens (tertiary/aromatic N) is 2. The van der Waals surface area contributed by atoms with Crippen molar-refractivity contribution >= 4 is 27.0 Å². The molecule has 0 aliphatic rings. The third-order valence-electron chi connectivity index (χ3n) is 3.57. The first-order chi connectivity index (χ1) is 10.1. The lowest BCUT2D eigenvalue weighted by Crippen LogP contribution is -2.24. The monoisotopic (exact) mass is 348 g/mol. The maximum Gasteiger partial charge on any atom is 0.329 e. The van der Waals surface area contributed by atoms with Crippen LogP contribution in [0.4, 0.5) is 4.39 Å². The number of para-hydroxylation sites is 2. The molecule has 0 saturated heterocycles. The van der Waals surface area contributed by atoms with E-state index in [9.17, 15) is 9.18 Å². The molecule has 0 amide bonds. The smallest absolute Gasteiger partial charge is 0.292 e. The van der Waals surface area contributed by atoms with Crippen molar-refractivity contribution in [1.29, 1.82) is 0 Å². The Kier molecular flexibility index (Phi) is 3.68. The summed E-state index contributed by atoms with van der Waals surface area (Å²) in [6.07, 6.45) is 0. The van der Waals surface area contributed by atoms with Crippen molar-refractivity contribution < 1.29 is 4.39 Å². The molecule has 0 bridgehead atoms. The van der Waals surface area contributed by atoms with Crippen LogP contribution in [0.1, 0.15) is 12.5 Å². The fraction of sp³-hybridized carbons (Fsp3) is 0.188. The van der Waals surface area contributed by atoms with E-state index in [1.807, 2.05) is 31.2 Å². The molecule has 5 heteroatoms. The van der Waals surface area contributed by atoms with Crippen LogP contribution in [-0.4, -0.2) is 9.13 Å². The Morgan fingerprint density at radius 2 is 1.76 bits per heavy atom. The molecular formula is C16H14BrFN2O. The Hall–Kier alpha value is -1.88. The van der Waals surface area contributed by atoms with Gasteiger partial charge in [0.15, 0.2) is 0 Å². The zero-order chi connectivity index (χ0) is 15.0. The summed E-state index contributed by atoms with van der Waals surface area (Å²) < 4.78 is 17.2. The van der Waals surface area contributed by atoms with Crippen LogP contribution in [-0.2, 0) is 13.1 Å². The zero-order valence-corrected chi connectivity index (χ0v) is 13.1. The second-order valence-electron chi connectivity index (χ2n) is 4.85. The highest BCUT2D eigenvalue weighted by molar-refractivity contribution is 9.10. The molecule has 2 aromatic carbocycles. The second-order valence-corrected chi connectivity index (χ2v) is 5.70. The summed E-state index contributed by atoms with van der Waals surface area (Å²) in [6.45, 7) is 3.00. The van der Waals surface area contributed by atoms with E-state index >= 15 is 0 Å². The van der Waals surface area contributed by atoms with E-state index < -0.39 is 0 Å². The highest BCUT2D eigenvalue weighted by atomic mass is 79.9. The fourth-order valence-electron chi connectivity index (χ4n) is 2.55. The Morgan fingerprint density at radius 1 is 1.10 bits per heavy atom. The number of benzene rings is 2. The van der Waals surface area contributed by atoms with Crippen LogP contribution >= 0.6 is 15.9 Å². The SMILES string of the molecule is CCn1c(=O)n(Cc2ccc(F)c(Br)c2)c2ccccc21. The summed E-state index contributed by atoms with van der Waals surface area (Å²) in [7, 11) is 0. The van der Waals surface area contributed by atoms with Gasteiger partial charge in [-0.1, -0.05) is 18.2 Å². The van der Waals surface area contributed by atoms with Crippen molar-refractivity contribution in [1.82, 2.24) is 9.13 Å². The van der Waals surface area contributed by atoms with E-state index in [2.05, 4.69) is 15.9 Å². The lowest BCUT2D eigenvalue weighted by atomic mass is 10.2. The summed E-state index contributed by atoms with van der Waals surface area (Å²) in [6, 6.07) is 12.5. The normalized spacial score (nSPS) is 11.2. The van der Waals surface area contributed by atoms with Crippen LogP contribution < -0.4 is 5.69 Å². The molecule has 0 N–H and O–H groups in total. The molecule has 3 rings (SSSR count). The molecule has 0 atom stereocenters. The number of imidazole rings is 1. The van der Waals surface area contributed by atoms with Crippen LogP contribution in [0, 0.1) is 5.82 Å². The molecule has 1 aromatic heterocycles. The second kappa shape index (κ2) is 5.48. The van der Waals surface area contributed by atoms with Crippen LogP contribution in [0.3, 0.4) is 0 Å². The van der Waals surface area contributed by atoms with Gasteiger partial charge in [-0.05, 0) is 52.7 Å². The van der Waals surface area contributed by atoms with Gasteiger partial charge in [0.1, 0.15) is 5.82 Å². The minimum absolute atomic E-state index is 0.0425. The predicted molar refractivity (Wildman–Crippen MR) is 85.1 cm³/mol. The molecule has 21 heavy (non-hydrogen) atoms. The van der Waals surface area contributed by atoms with Gasteiger partial charge in [0.2, 0.25) is 0 Å². The molecule has 3 nitrogen and oxygen atoms in total. The van der Waals surface area contributed by atoms with Gasteiger partial charge in [-0.2, -0.15) is 0 Å². The van der Waals surface area contributed by atoms with Crippen LogP contribution in [0.15, 0.2) is 51.7 Å². The van der Waals surface area contributed by atoms with Gasteiger partial charge in [-0.15, -0.1) is 0 Å². The van der Waals surface area contributed by atoms with Gasteiger partial charge in [0.05, 0.1) is 22.1 Å². The Bertz CT molecular complexity index is 866. The minimum Gasteiger partial charge on any atom is -0.292 e. The molecule has 0 unspecified atom stereocenters. The van der Waals surface area contributed by atoms with Crippen LogP contribution in [0.5, 0.6) is 0 Å². The number of hydrogen-bond donors (Lipinski definition) is 0. The standard InChI is InChI=1S/C16H14BrFN2O/c1-2-19-14-5-3-4-6-15(14)20(16(19)21)10-11-7-8-13(18)12(17)9-11/h3-9H,2,10H2,1H3. The van der Waals surface area contributed by atoms with Crippen molar-refractivity contribution in [3.8, 4) is 0 Å². The van der Waals surface area contributed by atoms with E-state index in [4.69, 9.17) is 0 Å². The molecule has 3 aromatic rings. The fourth-order valence-corrected chi connectivity index (χ4v) is 2.98. The van der Waals surface area contributed by atoms with Crippen LogP contribution in [0.25, 0.3) is 11.0 Å². The van der Waals surface area contributed by atoms with Gasteiger partial charge in [0, 0.05) is 6.54 Å². The number of aryl methyl sites for hydroxylation is 1. The summed E-state index contributed by atoms with van der Waals surface area (Å²) >= 11 is 3.18. The topological polar surface area (TPSA) is 26.9 Å². The number of fused-ring (bicyclic) bond motifs is 1. The van der Waals surface area contributed by atoms with Gasteiger partial charge >= 0.3 is 5.69 Å². The van der Waals surface area contributed by atoms with Gasteiger partial charge in [0.25, 0.3) is 0 Å². The van der Waals surface area contributed by atoms with Gasteiger partial charge < -0.3 is 0 Å². The van der Waals surface area contributed by atoms with E-state index in [0.29, 0.717) is 17.6 Å². The number of aromatic nitrogens is 2. The Morgan fingerprint density at radius 3 is 2.38 bits per heavy atom. The Labute approximate surface area is 129 Å². The quantitative estimate of drug-likeness (QED) is 0.707. The average molecular weight is 349 g/mol. The third kappa shape index (κ3) is 2.42. The first kappa shape index (κ1) is 14.1. The number of halogens is 2. The molecule has 0 fully saturated rings. The summed E-state index contributed by atoms with van der Waals surface area (Å²) in [5.41, 5.74) is 2.65. The lowest BCUT2D eigenvalue weighted by molar-refractivity contribution is 0.619. The first-order valence-electron chi connectivity index (χ1n) is 6.74. The zero-order valence-electron chi connectivity index (χ0n) is 11.5. The summed E-state index contributed by atoms with van der Waals surface area (Å²) in [5, 5.41) is 0. The predicted octanol–water partition coefficient (Wildman–Crippen LogP) is 3.77. The van der Waals surface area contributed by atoms with Crippen molar-refractivity contribution in [2.75, 3.05) is 0 Å². The van der Waals surface area contributed by atoms with Crippen LogP contribution in [0.2, 0.25) is 0 Å². The highest BCUT2D eigenvalue weighted by Crippen LogP contribution is 2.19. The number of hydrogen-bond acceptors (Lipinski definition) is 1. The van der Waals surface area contributed by atoms with E-state index in [1.54, 1.807) is 21.3 Å². The maximum atomic E-state index is 13.3. The van der Waals surface area contributed by atoms with Gasteiger partial charge in [-0.3, -0.25) is 9.13 Å². The molecule has 108 valence electrons. The maximum absolute atomic E-state index is 13.3.